The standard InChI is InChI=1S/C30H39N3O4S/c1-22(2)19-32(29(34)25-13-15-28(37-4)16-14-25)20-27-18-31-30(33(27)26-11-6-5-7-12-26)38(35,36)21-24-10-8-9-23(3)17-24/h8-10,13-18,22,26H,5-7,11-12,19-21H2,1-4H3. The molecule has 7 nitrogen and oxygen atoms in total. The van der Waals surface area contributed by atoms with Crippen LogP contribution in [0.4, 0.5) is 0 Å². The number of methoxy groups -OCH3 is 1. The summed E-state index contributed by atoms with van der Waals surface area (Å²) in [6.07, 6.45) is 6.74. The molecule has 1 aromatic heterocycles. The fourth-order valence-electron chi connectivity index (χ4n) is 5.31. The second-order valence-corrected chi connectivity index (χ2v) is 12.6. The van der Waals surface area contributed by atoms with Crippen molar-refractivity contribution in [2.24, 2.45) is 5.92 Å². The van der Waals surface area contributed by atoms with Gasteiger partial charge >= 0.3 is 0 Å². The minimum absolute atomic E-state index is 0.0560. The van der Waals surface area contributed by atoms with Crippen molar-refractivity contribution in [3.63, 3.8) is 0 Å². The Morgan fingerprint density at radius 3 is 2.45 bits per heavy atom. The summed E-state index contributed by atoms with van der Waals surface area (Å²) in [5.41, 5.74) is 3.11. The molecule has 2 aromatic carbocycles. The first kappa shape index (κ1) is 27.9. The molecule has 0 aliphatic heterocycles. The predicted molar refractivity (Wildman–Crippen MR) is 149 cm³/mol. The molecule has 4 rings (SSSR count). The van der Waals surface area contributed by atoms with E-state index in [1.54, 1.807) is 42.5 Å². The molecule has 1 amide bonds. The van der Waals surface area contributed by atoms with Crippen LogP contribution >= 0.6 is 0 Å². The van der Waals surface area contributed by atoms with Crippen molar-refractivity contribution in [2.75, 3.05) is 13.7 Å². The Hall–Kier alpha value is -3.13. The van der Waals surface area contributed by atoms with Crippen molar-refractivity contribution >= 4 is 15.7 Å². The summed E-state index contributed by atoms with van der Waals surface area (Å²) in [7, 11) is -2.10. The number of carbonyl (C=O) groups is 1. The minimum atomic E-state index is -3.69. The summed E-state index contributed by atoms with van der Waals surface area (Å²) in [6.45, 7) is 6.95. The van der Waals surface area contributed by atoms with Gasteiger partial charge in [0, 0.05) is 18.2 Å². The number of aromatic nitrogens is 2. The molecule has 0 N–H and O–H groups in total. The summed E-state index contributed by atoms with van der Waals surface area (Å²) in [6, 6.07) is 14.7. The molecule has 1 aliphatic rings. The normalized spacial score (nSPS) is 14.6. The monoisotopic (exact) mass is 537 g/mol. The molecule has 1 saturated carbocycles. The van der Waals surface area contributed by atoms with Crippen LogP contribution in [0.25, 0.3) is 0 Å². The van der Waals surface area contributed by atoms with Gasteiger partial charge in [-0.25, -0.2) is 13.4 Å². The number of ether oxygens (including phenoxy) is 1. The van der Waals surface area contributed by atoms with E-state index in [0.29, 0.717) is 24.4 Å². The van der Waals surface area contributed by atoms with Gasteiger partial charge in [0.1, 0.15) is 5.75 Å². The number of imidazole rings is 1. The number of hydrogen-bond donors (Lipinski definition) is 0. The van der Waals surface area contributed by atoms with E-state index in [9.17, 15) is 13.2 Å². The van der Waals surface area contributed by atoms with Crippen LogP contribution in [0.5, 0.6) is 5.75 Å². The van der Waals surface area contributed by atoms with Gasteiger partial charge in [0.05, 0.1) is 31.3 Å². The number of amides is 1. The van der Waals surface area contributed by atoms with E-state index in [2.05, 4.69) is 18.8 Å². The Balaban J connectivity index is 1.70. The van der Waals surface area contributed by atoms with Crippen molar-refractivity contribution in [1.82, 2.24) is 14.5 Å². The smallest absolute Gasteiger partial charge is 0.254 e. The number of nitrogens with zero attached hydrogens (tertiary/aromatic N) is 3. The van der Waals surface area contributed by atoms with Crippen molar-refractivity contribution in [3.8, 4) is 5.75 Å². The quantitative estimate of drug-likeness (QED) is 0.318. The van der Waals surface area contributed by atoms with E-state index < -0.39 is 9.84 Å². The van der Waals surface area contributed by atoms with Gasteiger partial charge < -0.3 is 14.2 Å². The highest BCUT2D eigenvalue weighted by Gasteiger charge is 2.30. The van der Waals surface area contributed by atoms with Gasteiger partial charge in [0.2, 0.25) is 15.0 Å². The predicted octanol–water partition coefficient (Wildman–Crippen LogP) is 5.98. The Labute approximate surface area is 226 Å². The Morgan fingerprint density at radius 1 is 1.11 bits per heavy atom. The van der Waals surface area contributed by atoms with Crippen molar-refractivity contribution in [1.29, 1.82) is 0 Å². The fourth-order valence-corrected chi connectivity index (χ4v) is 6.84. The van der Waals surface area contributed by atoms with E-state index in [1.807, 2.05) is 35.8 Å². The Morgan fingerprint density at radius 2 is 1.82 bits per heavy atom. The summed E-state index contributed by atoms with van der Waals surface area (Å²) in [5.74, 6) is 0.740. The summed E-state index contributed by atoms with van der Waals surface area (Å²) in [4.78, 5) is 19.9. The average Bonchev–Trinajstić information content (AvgIpc) is 3.32. The zero-order valence-electron chi connectivity index (χ0n) is 22.9. The van der Waals surface area contributed by atoms with E-state index in [1.165, 1.54) is 0 Å². The lowest BCUT2D eigenvalue weighted by molar-refractivity contribution is 0.0716. The highest BCUT2D eigenvalue weighted by molar-refractivity contribution is 7.90. The van der Waals surface area contributed by atoms with Crippen LogP contribution in [0.3, 0.4) is 0 Å². The second-order valence-electron chi connectivity index (χ2n) is 10.8. The van der Waals surface area contributed by atoms with Crippen LogP contribution in [0.2, 0.25) is 0 Å². The molecule has 0 atom stereocenters. The largest absolute Gasteiger partial charge is 0.497 e. The first-order valence-corrected chi connectivity index (χ1v) is 15.1. The number of carbonyl (C=O) groups excluding carboxylic acids is 1. The van der Waals surface area contributed by atoms with Crippen molar-refractivity contribution < 1.29 is 17.9 Å². The Bertz CT molecular complexity index is 1340. The topological polar surface area (TPSA) is 81.5 Å². The maximum atomic E-state index is 13.7. The molecule has 1 aliphatic carbocycles. The van der Waals surface area contributed by atoms with Crippen molar-refractivity contribution in [2.45, 2.75) is 76.4 Å². The maximum absolute atomic E-state index is 13.7. The lowest BCUT2D eigenvalue weighted by atomic mass is 9.95. The highest BCUT2D eigenvalue weighted by Crippen LogP contribution is 2.33. The SMILES string of the molecule is COc1ccc(C(=O)N(Cc2cnc(S(=O)(=O)Cc3cccc(C)c3)n2C2CCCCC2)CC(C)C)cc1. The molecule has 0 radical (unpaired) electrons. The zero-order valence-corrected chi connectivity index (χ0v) is 23.7. The van der Waals surface area contributed by atoms with Gasteiger partial charge in [-0.1, -0.05) is 62.9 Å². The number of aryl methyl sites for hydroxylation is 1. The first-order chi connectivity index (χ1) is 18.2. The van der Waals surface area contributed by atoms with E-state index >= 15 is 0 Å². The molecule has 3 aromatic rings. The van der Waals surface area contributed by atoms with Gasteiger partial charge in [0.15, 0.2) is 0 Å². The molecular weight excluding hydrogens is 498 g/mol. The van der Waals surface area contributed by atoms with Gasteiger partial charge in [-0.2, -0.15) is 0 Å². The third-order valence-electron chi connectivity index (χ3n) is 7.06. The molecular formula is C30H39N3O4S. The molecule has 0 spiro atoms. The van der Waals surface area contributed by atoms with Gasteiger partial charge in [-0.3, -0.25) is 4.79 Å². The van der Waals surface area contributed by atoms with E-state index in [4.69, 9.17) is 4.74 Å². The highest BCUT2D eigenvalue weighted by atomic mass is 32.2. The van der Waals surface area contributed by atoms with Crippen LogP contribution in [-0.4, -0.2) is 42.4 Å². The summed E-state index contributed by atoms with van der Waals surface area (Å²) < 4.78 is 34.6. The molecule has 0 bridgehead atoms. The minimum Gasteiger partial charge on any atom is -0.497 e. The third-order valence-corrected chi connectivity index (χ3v) is 8.63. The van der Waals surface area contributed by atoms with Gasteiger partial charge in [-0.05, 0) is 55.5 Å². The molecule has 0 unspecified atom stereocenters. The first-order valence-electron chi connectivity index (χ1n) is 13.5. The zero-order chi connectivity index (χ0) is 27.3. The number of hydrogen-bond acceptors (Lipinski definition) is 5. The van der Waals surface area contributed by atoms with Gasteiger partial charge in [-0.15, -0.1) is 0 Å². The fraction of sp³-hybridized carbons (Fsp3) is 0.467. The number of sulfone groups is 1. The third kappa shape index (κ3) is 6.65. The van der Waals surface area contributed by atoms with Gasteiger partial charge in [0.25, 0.3) is 5.91 Å². The molecule has 38 heavy (non-hydrogen) atoms. The van der Waals surface area contributed by atoms with E-state index in [0.717, 1.165) is 48.9 Å². The second kappa shape index (κ2) is 12.2. The number of benzene rings is 2. The van der Waals surface area contributed by atoms with Crippen LogP contribution in [-0.2, 0) is 22.1 Å². The van der Waals surface area contributed by atoms with Crippen LogP contribution in [0.15, 0.2) is 59.9 Å². The van der Waals surface area contributed by atoms with Crippen LogP contribution in [0, 0.1) is 12.8 Å². The average molecular weight is 538 g/mol. The molecule has 8 heteroatoms. The van der Waals surface area contributed by atoms with E-state index in [-0.39, 0.29) is 28.8 Å². The number of rotatable bonds is 10. The molecule has 204 valence electrons. The maximum Gasteiger partial charge on any atom is 0.254 e. The molecule has 0 saturated heterocycles. The molecule has 1 heterocycles. The van der Waals surface area contributed by atoms with Crippen molar-refractivity contribution in [3.05, 3.63) is 77.1 Å². The Kier molecular flexibility index (Phi) is 8.92. The molecule has 1 fully saturated rings. The lowest BCUT2D eigenvalue weighted by Gasteiger charge is -2.29. The van der Waals surface area contributed by atoms with Crippen LogP contribution < -0.4 is 4.74 Å². The van der Waals surface area contributed by atoms with Crippen LogP contribution in [0.1, 0.15) is 79.2 Å². The lowest BCUT2D eigenvalue weighted by Crippen LogP contribution is -2.35. The summed E-state index contributed by atoms with van der Waals surface area (Å²) >= 11 is 0. The summed E-state index contributed by atoms with van der Waals surface area (Å²) in [5, 5.41) is 0.113.